The van der Waals surface area contributed by atoms with Crippen molar-refractivity contribution in [2.24, 2.45) is 0 Å². The van der Waals surface area contributed by atoms with Crippen molar-refractivity contribution in [2.45, 2.75) is 19.3 Å². The second kappa shape index (κ2) is 8.43. The number of rotatable bonds is 4. The van der Waals surface area contributed by atoms with Crippen molar-refractivity contribution in [2.75, 3.05) is 23.3 Å². The van der Waals surface area contributed by atoms with E-state index in [4.69, 9.17) is 9.97 Å². The zero-order valence-electron chi connectivity index (χ0n) is 16.8. The Kier molecular flexibility index (Phi) is 5.34. The highest BCUT2D eigenvalue weighted by Gasteiger charge is 2.20. The predicted molar refractivity (Wildman–Crippen MR) is 123 cm³/mol. The van der Waals surface area contributed by atoms with E-state index in [1.165, 1.54) is 24.6 Å². The molecule has 1 aliphatic heterocycles. The number of piperidine rings is 1. The molecule has 31 heavy (non-hydrogen) atoms. The van der Waals surface area contributed by atoms with Crippen LogP contribution in [0.25, 0.3) is 21.6 Å². The molecule has 2 aromatic heterocycles. The van der Waals surface area contributed by atoms with Gasteiger partial charge in [0.05, 0.1) is 15.9 Å². The molecule has 0 unspecified atom stereocenters. The summed E-state index contributed by atoms with van der Waals surface area (Å²) in [6.45, 7) is 1.97. The molecule has 4 aromatic rings. The maximum Gasteiger partial charge on any atom is 0.255 e. The number of nitrogens with zero attached hydrogens (tertiary/aromatic N) is 3. The summed E-state index contributed by atoms with van der Waals surface area (Å²) >= 11 is 1.64. The van der Waals surface area contributed by atoms with Gasteiger partial charge in [0, 0.05) is 24.3 Å². The number of halogens is 1. The number of nitrogens with one attached hydrogen (secondary N) is 1. The Bertz CT molecular complexity index is 1240. The molecule has 1 amide bonds. The molecule has 1 saturated heterocycles. The van der Waals surface area contributed by atoms with E-state index in [9.17, 15) is 9.18 Å². The number of carbonyl (C=O) groups excluding carboxylic acids is 1. The molecule has 3 heterocycles. The number of carbonyl (C=O) groups is 1. The molecular formula is C24H21FN4OS. The first kappa shape index (κ1) is 19.6. The van der Waals surface area contributed by atoms with Gasteiger partial charge in [0.1, 0.15) is 11.5 Å². The Hall–Kier alpha value is -3.32. The first-order valence-corrected chi connectivity index (χ1v) is 11.2. The quantitative estimate of drug-likeness (QED) is 0.447. The van der Waals surface area contributed by atoms with Crippen molar-refractivity contribution in [3.05, 3.63) is 71.4 Å². The van der Waals surface area contributed by atoms with E-state index in [0.717, 1.165) is 47.8 Å². The Balaban J connectivity index is 1.52. The summed E-state index contributed by atoms with van der Waals surface area (Å²) in [5.41, 5.74) is 3.23. The normalized spacial score (nSPS) is 14.0. The minimum atomic E-state index is -0.442. The molecule has 5 rings (SSSR count). The van der Waals surface area contributed by atoms with Crippen LogP contribution in [0.1, 0.15) is 29.6 Å². The van der Waals surface area contributed by atoms with Crippen molar-refractivity contribution < 1.29 is 9.18 Å². The Labute approximate surface area is 183 Å². The second-order valence-electron chi connectivity index (χ2n) is 7.59. The van der Waals surface area contributed by atoms with E-state index in [1.807, 2.05) is 23.6 Å². The Morgan fingerprint density at radius 2 is 1.84 bits per heavy atom. The number of thiophene rings is 1. The number of anilines is 2. The van der Waals surface area contributed by atoms with Crippen molar-refractivity contribution in [3.63, 3.8) is 0 Å². The number of benzene rings is 2. The van der Waals surface area contributed by atoms with E-state index in [1.54, 1.807) is 23.5 Å². The molecule has 0 spiro atoms. The molecule has 1 N–H and O–H groups in total. The van der Waals surface area contributed by atoms with Crippen LogP contribution in [0.5, 0.6) is 0 Å². The van der Waals surface area contributed by atoms with Crippen LogP contribution in [-0.2, 0) is 0 Å². The summed E-state index contributed by atoms with van der Waals surface area (Å²) in [6.07, 6.45) is 3.57. The van der Waals surface area contributed by atoms with Gasteiger partial charge in [0.25, 0.3) is 5.91 Å². The highest BCUT2D eigenvalue weighted by atomic mass is 32.1. The van der Waals surface area contributed by atoms with E-state index < -0.39 is 5.82 Å². The van der Waals surface area contributed by atoms with Crippen LogP contribution in [0.3, 0.4) is 0 Å². The third-order valence-electron chi connectivity index (χ3n) is 5.40. The van der Waals surface area contributed by atoms with Gasteiger partial charge in [-0.1, -0.05) is 12.1 Å². The third-order valence-corrected chi connectivity index (χ3v) is 6.28. The zero-order valence-corrected chi connectivity index (χ0v) is 17.7. The lowest BCUT2D eigenvalue weighted by Gasteiger charge is -2.29. The lowest BCUT2D eigenvalue weighted by Crippen LogP contribution is -2.30. The fourth-order valence-electron chi connectivity index (χ4n) is 3.86. The van der Waals surface area contributed by atoms with Crippen LogP contribution in [0, 0.1) is 5.82 Å². The van der Waals surface area contributed by atoms with Gasteiger partial charge in [-0.15, -0.1) is 11.3 Å². The van der Waals surface area contributed by atoms with Gasteiger partial charge in [-0.2, -0.15) is 0 Å². The number of fused-ring (bicyclic) bond motifs is 1. The van der Waals surface area contributed by atoms with Crippen LogP contribution in [0.4, 0.5) is 15.9 Å². The molecule has 1 aliphatic rings. The van der Waals surface area contributed by atoms with E-state index in [-0.39, 0.29) is 11.5 Å². The van der Waals surface area contributed by atoms with Crippen LogP contribution in [0.15, 0.2) is 60.0 Å². The van der Waals surface area contributed by atoms with Gasteiger partial charge in [-0.3, -0.25) is 4.79 Å². The van der Waals surface area contributed by atoms with Crippen molar-refractivity contribution in [1.82, 2.24) is 9.97 Å². The van der Waals surface area contributed by atoms with Gasteiger partial charge in [0.2, 0.25) is 0 Å². The van der Waals surface area contributed by atoms with Crippen molar-refractivity contribution in [3.8, 4) is 10.6 Å². The van der Waals surface area contributed by atoms with E-state index in [2.05, 4.69) is 16.3 Å². The Morgan fingerprint density at radius 3 is 2.61 bits per heavy atom. The molecule has 0 aliphatic carbocycles. The van der Waals surface area contributed by atoms with Crippen LogP contribution >= 0.6 is 11.3 Å². The number of aromatic nitrogens is 2. The van der Waals surface area contributed by atoms with Gasteiger partial charge in [0.15, 0.2) is 5.82 Å². The highest BCUT2D eigenvalue weighted by molar-refractivity contribution is 7.13. The van der Waals surface area contributed by atoms with Gasteiger partial charge in [-0.05, 0) is 67.1 Å². The molecule has 2 aromatic carbocycles. The van der Waals surface area contributed by atoms with Gasteiger partial charge in [-0.25, -0.2) is 14.4 Å². The summed E-state index contributed by atoms with van der Waals surface area (Å²) in [4.78, 5) is 25.8. The molecule has 5 nitrogen and oxygen atoms in total. The van der Waals surface area contributed by atoms with Crippen LogP contribution in [-0.4, -0.2) is 29.0 Å². The number of hydrogen-bond acceptors (Lipinski definition) is 5. The molecule has 0 bridgehead atoms. The fraction of sp³-hybridized carbons (Fsp3) is 0.208. The SMILES string of the molecule is O=C(Nc1ccc2nc(N3CCCCC3)c(-c3cccs3)nc2c1)c1cccc(F)c1. The number of amides is 1. The summed E-state index contributed by atoms with van der Waals surface area (Å²) in [5.74, 6) is 0.115. The fourth-order valence-corrected chi connectivity index (χ4v) is 4.57. The molecule has 1 fully saturated rings. The average molecular weight is 433 g/mol. The molecule has 156 valence electrons. The largest absolute Gasteiger partial charge is 0.355 e. The molecule has 0 radical (unpaired) electrons. The molecule has 0 atom stereocenters. The first-order chi connectivity index (χ1) is 15.2. The maximum absolute atomic E-state index is 13.4. The van der Waals surface area contributed by atoms with Gasteiger partial charge >= 0.3 is 0 Å². The maximum atomic E-state index is 13.4. The monoisotopic (exact) mass is 432 g/mol. The van der Waals surface area contributed by atoms with E-state index >= 15 is 0 Å². The molecule has 7 heteroatoms. The lowest BCUT2D eigenvalue weighted by molar-refractivity contribution is 0.102. The molecule has 0 saturated carbocycles. The topological polar surface area (TPSA) is 58.1 Å². The lowest BCUT2D eigenvalue weighted by atomic mass is 10.1. The highest BCUT2D eigenvalue weighted by Crippen LogP contribution is 2.34. The standard InChI is InChI=1S/C24H21FN4OS/c25-17-7-4-6-16(14-17)24(30)26-18-9-10-19-20(15-18)27-22(21-8-5-13-31-21)23(28-19)29-11-2-1-3-12-29/h4-10,13-15H,1-3,11-12H2,(H,26,30). The second-order valence-corrected chi connectivity index (χ2v) is 8.54. The minimum Gasteiger partial charge on any atom is -0.355 e. The predicted octanol–water partition coefficient (Wildman–Crippen LogP) is 5.74. The molecular weight excluding hydrogens is 411 g/mol. The summed E-state index contributed by atoms with van der Waals surface area (Å²) in [5, 5.41) is 4.87. The minimum absolute atomic E-state index is 0.269. The number of hydrogen-bond donors (Lipinski definition) is 1. The van der Waals surface area contributed by atoms with Gasteiger partial charge < -0.3 is 10.2 Å². The first-order valence-electron chi connectivity index (χ1n) is 10.3. The van der Waals surface area contributed by atoms with Crippen molar-refractivity contribution in [1.29, 1.82) is 0 Å². The summed E-state index contributed by atoms with van der Waals surface area (Å²) in [7, 11) is 0. The Morgan fingerprint density at radius 1 is 0.968 bits per heavy atom. The smallest absolute Gasteiger partial charge is 0.255 e. The summed E-state index contributed by atoms with van der Waals surface area (Å²) in [6, 6.07) is 15.2. The zero-order chi connectivity index (χ0) is 21.2. The van der Waals surface area contributed by atoms with E-state index in [0.29, 0.717) is 11.2 Å². The van der Waals surface area contributed by atoms with Crippen LogP contribution < -0.4 is 10.2 Å². The third kappa shape index (κ3) is 4.14. The average Bonchev–Trinajstić information content (AvgIpc) is 3.33. The summed E-state index contributed by atoms with van der Waals surface area (Å²) < 4.78 is 13.4. The van der Waals surface area contributed by atoms with Crippen molar-refractivity contribution >= 4 is 39.8 Å². The van der Waals surface area contributed by atoms with Crippen LogP contribution in [0.2, 0.25) is 0 Å².